The summed E-state index contributed by atoms with van der Waals surface area (Å²) in [6.45, 7) is 6.61. The smallest absolute Gasteiger partial charge is 0.161 e. The van der Waals surface area contributed by atoms with Gasteiger partial charge in [0.15, 0.2) is 11.5 Å². The van der Waals surface area contributed by atoms with Crippen LogP contribution in [0.25, 0.3) is 0 Å². The topological polar surface area (TPSA) is 68.3 Å². The number of rotatable bonds is 7. The lowest BCUT2D eigenvalue weighted by Gasteiger charge is -2.13. The first-order chi connectivity index (χ1) is 10.7. The van der Waals surface area contributed by atoms with E-state index in [-0.39, 0.29) is 5.92 Å². The van der Waals surface area contributed by atoms with Gasteiger partial charge in [-0.15, -0.1) is 0 Å². The van der Waals surface area contributed by atoms with Gasteiger partial charge in [0, 0.05) is 12.0 Å². The lowest BCUT2D eigenvalue weighted by molar-refractivity contribution is 0.270. The number of para-hydroxylation sites is 2. The average molecular weight is 300 g/mol. The molecule has 1 atom stereocenters. The largest absolute Gasteiger partial charge is 0.490 e. The maximum atomic E-state index is 9.38. The molecule has 0 bridgehead atoms. The number of aromatic nitrogens is 1. The van der Waals surface area contributed by atoms with Gasteiger partial charge in [0.25, 0.3) is 0 Å². The van der Waals surface area contributed by atoms with Crippen LogP contribution in [0.3, 0.4) is 0 Å². The van der Waals surface area contributed by atoms with Gasteiger partial charge in [-0.25, -0.2) is 0 Å². The minimum absolute atomic E-state index is 0.287. The fraction of sp³-hybridized carbons (Fsp3) is 0.412. The van der Waals surface area contributed by atoms with Gasteiger partial charge in [-0.3, -0.25) is 0 Å². The fourth-order valence-corrected chi connectivity index (χ4v) is 2.39. The SMILES string of the molecule is CCOc1ccccc1OCCC(C#N)c1c(C)noc1C. The Morgan fingerprint density at radius 2 is 1.91 bits per heavy atom. The van der Waals surface area contributed by atoms with Crippen molar-refractivity contribution >= 4 is 0 Å². The highest BCUT2D eigenvalue weighted by atomic mass is 16.5. The Bertz CT molecular complexity index is 639. The molecule has 1 aromatic heterocycles. The third kappa shape index (κ3) is 3.59. The fourth-order valence-electron chi connectivity index (χ4n) is 2.39. The van der Waals surface area contributed by atoms with Crippen LogP contribution in [0, 0.1) is 25.2 Å². The van der Waals surface area contributed by atoms with Crippen molar-refractivity contribution in [2.45, 2.75) is 33.1 Å². The molecular weight excluding hydrogens is 280 g/mol. The predicted octanol–water partition coefficient (Wildman–Crippen LogP) is 3.77. The lowest BCUT2D eigenvalue weighted by Crippen LogP contribution is -2.07. The minimum atomic E-state index is -0.287. The summed E-state index contributed by atoms with van der Waals surface area (Å²) in [5.74, 6) is 1.82. The van der Waals surface area contributed by atoms with Crippen molar-refractivity contribution in [3.05, 3.63) is 41.3 Å². The molecule has 0 amide bonds. The zero-order valence-corrected chi connectivity index (χ0v) is 13.1. The van der Waals surface area contributed by atoms with Crippen molar-refractivity contribution in [3.8, 4) is 17.6 Å². The van der Waals surface area contributed by atoms with Gasteiger partial charge in [-0.2, -0.15) is 5.26 Å². The third-order valence-corrected chi connectivity index (χ3v) is 3.41. The van der Waals surface area contributed by atoms with Gasteiger partial charge in [-0.05, 0) is 32.9 Å². The van der Waals surface area contributed by atoms with Crippen molar-refractivity contribution in [2.24, 2.45) is 0 Å². The third-order valence-electron chi connectivity index (χ3n) is 3.41. The van der Waals surface area contributed by atoms with E-state index in [1.165, 1.54) is 0 Å². The second kappa shape index (κ2) is 7.51. The molecule has 0 aliphatic rings. The monoisotopic (exact) mass is 300 g/mol. The molecule has 2 aromatic rings. The van der Waals surface area contributed by atoms with E-state index in [0.29, 0.717) is 31.1 Å². The van der Waals surface area contributed by atoms with Gasteiger partial charge < -0.3 is 14.0 Å². The zero-order valence-electron chi connectivity index (χ0n) is 13.1. The van der Waals surface area contributed by atoms with Crippen molar-refractivity contribution in [2.75, 3.05) is 13.2 Å². The first kappa shape index (κ1) is 15.9. The summed E-state index contributed by atoms with van der Waals surface area (Å²) in [5, 5.41) is 13.3. The molecule has 0 N–H and O–H groups in total. The first-order valence-corrected chi connectivity index (χ1v) is 7.34. The number of nitriles is 1. The second-order valence-corrected chi connectivity index (χ2v) is 4.94. The van der Waals surface area contributed by atoms with E-state index in [1.807, 2.05) is 45.0 Å². The Labute approximate surface area is 130 Å². The van der Waals surface area contributed by atoms with Gasteiger partial charge in [0.05, 0.1) is 30.9 Å². The first-order valence-electron chi connectivity index (χ1n) is 7.34. The standard InChI is InChI=1S/C17H20N2O3/c1-4-20-15-7-5-6-8-16(15)21-10-9-14(11-18)17-12(2)19-22-13(17)3/h5-8,14H,4,9-10H2,1-3H3. The molecule has 0 fully saturated rings. The Morgan fingerprint density at radius 3 is 2.45 bits per heavy atom. The maximum Gasteiger partial charge on any atom is 0.161 e. The minimum Gasteiger partial charge on any atom is -0.490 e. The summed E-state index contributed by atoms with van der Waals surface area (Å²) in [5.41, 5.74) is 1.63. The number of hydrogen-bond donors (Lipinski definition) is 0. The highest BCUT2D eigenvalue weighted by Gasteiger charge is 2.20. The van der Waals surface area contributed by atoms with E-state index in [4.69, 9.17) is 14.0 Å². The molecule has 2 rings (SSSR count). The number of benzene rings is 1. The van der Waals surface area contributed by atoms with Crippen LogP contribution >= 0.6 is 0 Å². The van der Waals surface area contributed by atoms with Gasteiger partial charge in [0.1, 0.15) is 5.76 Å². The molecule has 0 saturated heterocycles. The number of ether oxygens (including phenoxy) is 2. The van der Waals surface area contributed by atoms with Crippen LogP contribution in [0.15, 0.2) is 28.8 Å². The summed E-state index contributed by atoms with van der Waals surface area (Å²) in [7, 11) is 0. The van der Waals surface area contributed by atoms with Crippen LogP contribution in [0.5, 0.6) is 11.5 Å². The van der Waals surface area contributed by atoms with Crippen molar-refractivity contribution in [1.29, 1.82) is 5.26 Å². The molecule has 1 aromatic carbocycles. The van der Waals surface area contributed by atoms with E-state index < -0.39 is 0 Å². The summed E-state index contributed by atoms with van der Waals surface area (Å²) >= 11 is 0. The normalized spacial score (nSPS) is 11.7. The Kier molecular flexibility index (Phi) is 5.42. The van der Waals surface area contributed by atoms with E-state index in [1.54, 1.807) is 0 Å². The highest BCUT2D eigenvalue weighted by Crippen LogP contribution is 2.29. The molecule has 116 valence electrons. The summed E-state index contributed by atoms with van der Waals surface area (Å²) < 4.78 is 16.4. The molecule has 0 spiro atoms. The maximum absolute atomic E-state index is 9.38. The van der Waals surface area contributed by atoms with Crippen LogP contribution in [-0.4, -0.2) is 18.4 Å². The molecule has 22 heavy (non-hydrogen) atoms. The van der Waals surface area contributed by atoms with Crippen LogP contribution in [-0.2, 0) is 0 Å². The van der Waals surface area contributed by atoms with Gasteiger partial charge >= 0.3 is 0 Å². The van der Waals surface area contributed by atoms with Gasteiger partial charge in [-0.1, -0.05) is 17.3 Å². The van der Waals surface area contributed by atoms with Crippen LogP contribution < -0.4 is 9.47 Å². The van der Waals surface area contributed by atoms with E-state index in [9.17, 15) is 5.26 Å². The number of aryl methyl sites for hydroxylation is 2. The Morgan fingerprint density at radius 1 is 1.23 bits per heavy atom. The molecule has 0 aliphatic heterocycles. The van der Waals surface area contributed by atoms with Crippen LogP contribution in [0.4, 0.5) is 0 Å². The van der Waals surface area contributed by atoms with E-state index in [2.05, 4.69) is 11.2 Å². The van der Waals surface area contributed by atoms with Crippen molar-refractivity contribution in [3.63, 3.8) is 0 Å². The molecule has 0 saturated carbocycles. The Balaban J connectivity index is 2.00. The van der Waals surface area contributed by atoms with Crippen LogP contribution in [0.1, 0.15) is 36.3 Å². The van der Waals surface area contributed by atoms with E-state index in [0.717, 1.165) is 17.0 Å². The molecule has 5 nitrogen and oxygen atoms in total. The lowest BCUT2D eigenvalue weighted by atomic mass is 9.96. The average Bonchev–Trinajstić information content (AvgIpc) is 2.85. The van der Waals surface area contributed by atoms with E-state index >= 15 is 0 Å². The van der Waals surface area contributed by atoms with Crippen molar-refractivity contribution in [1.82, 2.24) is 5.16 Å². The second-order valence-electron chi connectivity index (χ2n) is 4.94. The molecule has 5 heteroatoms. The number of nitrogens with zero attached hydrogens (tertiary/aromatic N) is 2. The quantitative estimate of drug-likeness (QED) is 0.778. The molecule has 0 radical (unpaired) electrons. The van der Waals surface area contributed by atoms with Gasteiger partial charge in [0.2, 0.25) is 0 Å². The predicted molar refractivity (Wildman–Crippen MR) is 82.1 cm³/mol. The molecule has 1 heterocycles. The molecule has 0 aliphatic carbocycles. The Hall–Kier alpha value is -2.48. The number of hydrogen-bond acceptors (Lipinski definition) is 5. The molecule has 1 unspecified atom stereocenters. The summed E-state index contributed by atoms with van der Waals surface area (Å²) in [4.78, 5) is 0. The molecular formula is C17H20N2O3. The van der Waals surface area contributed by atoms with Crippen LogP contribution in [0.2, 0.25) is 0 Å². The zero-order chi connectivity index (χ0) is 15.9. The van der Waals surface area contributed by atoms with Crippen molar-refractivity contribution < 1.29 is 14.0 Å². The summed E-state index contributed by atoms with van der Waals surface area (Å²) in [6, 6.07) is 9.83. The highest BCUT2D eigenvalue weighted by molar-refractivity contribution is 5.39. The summed E-state index contributed by atoms with van der Waals surface area (Å²) in [6.07, 6.45) is 0.569.